The first-order chi connectivity index (χ1) is 13.6. The Hall–Kier alpha value is -1.84. The van der Waals surface area contributed by atoms with Crippen molar-refractivity contribution in [2.24, 2.45) is 11.7 Å². The normalized spacial score (nSPS) is 20.8. The zero-order valence-corrected chi connectivity index (χ0v) is 17.9. The SMILES string of the molecule is CS(=O)(=O)c1ccc(COC2CCN(C(=O)N3CC[C@H](C(N)=O)C3)CC2)c(Cl)c1. The molecule has 29 heavy (non-hydrogen) atoms. The molecule has 10 heteroatoms. The fourth-order valence-corrected chi connectivity index (χ4v) is 4.61. The molecule has 2 fully saturated rings. The monoisotopic (exact) mass is 443 g/mol. The number of likely N-dealkylation sites (tertiary alicyclic amines) is 2. The van der Waals surface area contributed by atoms with Crippen molar-refractivity contribution in [3.8, 4) is 0 Å². The molecule has 0 saturated carbocycles. The summed E-state index contributed by atoms with van der Waals surface area (Å²) in [4.78, 5) is 27.6. The summed E-state index contributed by atoms with van der Waals surface area (Å²) in [5.74, 6) is -0.603. The van der Waals surface area contributed by atoms with Gasteiger partial charge in [0.15, 0.2) is 9.84 Å². The molecule has 2 saturated heterocycles. The van der Waals surface area contributed by atoms with Gasteiger partial charge < -0.3 is 20.3 Å². The van der Waals surface area contributed by atoms with Crippen LogP contribution in [0.2, 0.25) is 5.02 Å². The molecule has 1 aromatic rings. The lowest BCUT2D eigenvalue weighted by molar-refractivity contribution is -0.121. The van der Waals surface area contributed by atoms with Crippen LogP contribution in [0.4, 0.5) is 4.79 Å². The molecular formula is C19H26ClN3O5S. The number of primary amides is 1. The van der Waals surface area contributed by atoms with Gasteiger partial charge in [-0.15, -0.1) is 0 Å². The number of hydrogen-bond donors (Lipinski definition) is 1. The fraction of sp³-hybridized carbons (Fsp3) is 0.579. The van der Waals surface area contributed by atoms with E-state index in [1.807, 2.05) is 0 Å². The van der Waals surface area contributed by atoms with Crippen molar-refractivity contribution >= 4 is 33.4 Å². The topological polar surface area (TPSA) is 110 Å². The van der Waals surface area contributed by atoms with Gasteiger partial charge in [-0.3, -0.25) is 4.79 Å². The Labute approximate surface area is 175 Å². The molecule has 0 unspecified atom stereocenters. The van der Waals surface area contributed by atoms with Gasteiger partial charge in [0.05, 0.1) is 23.5 Å². The molecule has 160 valence electrons. The number of carbonyl (C=O) groups is 2. The first kappa shape index (κ1) is 21.9. The predicted octanol–water partition coefficient (Wildman–Crippen LogP) is 1.65. The molecule has 3 rings (SSSR count). The van der Waals surface area contributed by atoms with Crippen LogP contribution < -0.4 is 5.73 Å². The second-order valence-electron chi connectivity index (χ2n) is 7.64. The Morgan fingerprint density at radius 1 is 1.17 bits per heavy atom. The van der Waals surface area contributed by atoms with Crippen LogP contribution >= 0.6 is 11.6 Å². The summed E-state index contributed by atoms with van der Waals surface area (Å²) in [5, 5.41) is 0.360. The van der Waals surface area contributed by atoms with Gasteiger partial charge in [-0.1, -0.05) is 17.7 Å². The summed E-state index contributed by atoms with van der Waals surface area (Å²) >= 11 is 6.19. The van der Waals surface area contributed by atoms with E-state index in [2.05, 4.69) is 0 Å². The second kappa shape index (κ2) is 8.89. The Balaban J connectivity index is 1.47. The van der Waals surface area contributed by atoms with Crippen molar-refractivity contribution in [1.82, 2.24) is 9.80 Å². The van der Waals surface area contributed by atoms with Gasteiger partial charge in [0.1, 0.15) is 0 Å². The minimum Gasteiger partial charge on any atom is -0.373 e. The summed E-state index contributed by atoms with van der Waals surface area (Å²) < 4.78 is 29.1. The minimum absolute atomic E-state index is 0.00153. The molecule has 2 N–H and O–H groups in total. The van der Waals surface area contributed by atoms with E-state index in [4.69, 9.17) is 22.1 Å². The maximum absolute atomic E-state index is 12.6. The van der Waals surface area contributed by atoms with Crippen molar-refractivity contribution in [2.75, 3.05) is 32.4 Å². The average molecular weight is 444 g/mol. The van der Waals surface area contributed by atoms with E-state index in [1.165, 1.54) is 12.1 Å². The number of ether oxygens (including phenoxy) is 1. The standard InChI is InChI=1S/C19H26ClN3O5S/c1-29(26,27)16-3-2-14(17(20)10-16)12-28-15-5-8-22(9-6-15)19(25)23-7-4-13(11-23)18(21)24/h2-3,10,13,15H,4-9,11-12H2,1H3,(H2,21,24)/t13-/m0/s1. The zero-order chi connectivity index (χ0) is 21.2. The van der Waals surface area contributed by atoms with Crippen LogP contribution in [0.15, 0.2) is 23.1 Å². The molecule has 2 aliphatic heterocycles. The van der Waals surface area contributed by atoms with Gasteiger partial charge >= 0.3 is 6.03 Å². The first-order valence-corrected chi connectivity index (χ1v) is 11.9. The van der Waals surface area contributed by atoms with Crippen molar-refractivity contribution < 1.29 is 22.7 Å². The highest BCUT2D eigenvalue weighted by Gasteiger charge is 2.33. The van der Waals surface area contributed by atoms with Crippen LogP contribution in [0, 0.1) is 5.92 Å². The minimum atomic E-state index is -3.30. The molecule has 1 atom stereocenters. The van der Waals surface area contributed by atoms with E-state index in [1.54, 1.807) is 15.9 Å². The molecule has 3 amide bonds. The number of rotatable bonds is 5. The highest BCUT2D eigenvalue weighted by atomic mass is 35.5. The van der Waals surface area contributed by atoms with Crippen LogP contribution in [0.5, 0.6) is 0 Å². The number of hydrogen-bond acceptors (Lipinski definition) is 5. The molecule has 1 aromatic carbocycles. The average Bonchev–Trinajstić information content (AvgIpc) is 3.16. The highest BCUT2D eigenvalue weighted by Crippen LogP contribution is 2.24. The highest BCUT2D eigenvalue weighted by molar-refractivity contribution is 7.90. The van der Waals surface area contributed by atoms with E-state index in [0.717, 1.165) is 11.8 Å². The molecule has 2 heterocycles. The van der Waals surface area contributed by atoms with Crippen LogP contribution in [0.3, 0.4) is 0 Å². The molecule has 2 aliphatic rings. The zero-order valence-electron chi connectivity index (χ0n) is 16.3. The van der Waals surface area contributed by atoms with Crippen molar-refractivity contribution in [2.45, 2.75) is 36.9 Å². The summed E-state index contributed by atoms with van der Waals surface area (Å²) in [5.41, 5.74) is 6.06. The predicted molar refractivity (Wildman–Crippen MR) is 108 cm³/mol. The number of urea groups is 1. The van der Waals surface area contributed by atoms with Crippen molar-refractivity contribution in [3.63, 3.8) is 0 Å². The third-order valence-electron chi connectivity index (χ3n) is 5.50. The Morgan fingerprint density at radius 3 is 2.38 bits per heavy atom. The van der Waals surface area contributed by atoms with Gasteiger partial charge in [0.2, 0.25) is 5.91 Å². The lowest BCUT2D eigenvalue weighted by Crippen LogP contribution is -2.47. The third kappa shape index (κ3) is 5.40. The number of piperidine rings is 1. The van der Waals surface area contributed by atoms with Crippen LogP contribution in [-0.4, -0.2) is 68.7 Å². The van der Waals surface area contributed by atoms with Gasteiger partial charge in [-0.2, -0.15) is 0 Å². The quantitative estimate of drug-likeness (QED) is 0.743. The van der Waals surface area contributed by atoms with Gasteiger partial charge in [0.25, 0.3) is 0 Å². The lowest BCUT2D eigenvalue weighted by atomic mass is 10.1. The van der Waals surface area contributed by atoms with Crippen molar-refractivity contribution in [3.05, 3.63) is 28.8 Å². The van der Waals surface area contributed by atoms with E-state index in [-0.39, 0.29) is 35.5 Å². The number of sulfone groups is 1. The summed E-state index contributed by atoms with van der Waals surface area (Å²) in [6.07, 6.45) is 3.18. The molecule has 0 radical (unpaired) electrons. The second-order valence-corrected chi connectivity index (χ2v) is 10.1. The molecule has 8 nitrogen and oxygen atoms in total. The largest absolute Gasteiger partial charge is 0.373 e. The first-order valence-electron chi connectivity index (χ1n) is 9.58. The number of nitrogens with two attached hydrogens (primary N) is 1. The third-order valence-corrected chi connectivity index (χ3v) is 6.96. The number of amides is 3. The van der Waals surface area contributed by atoms with E-state index >= 15 is 0 Å². The summed E-state index contributed by atoms with van der Waals surface area (Å²) in [6, 6.07) is 4.58. The van der Waals surface area contributed by atoms with E-state index < -0.39 is 9.84 Å². The Kier molecular flexibility index (Phi) is 6.70. The Morgan fingerprint density at radius 2 is 1.83 bits per heavy atom. The number of benzene rings is 1. The van der Waals surface area contributed by atoms with Crippen molar-refractivity contribution in [1.29, 1.82) is 0 Å². The Bertz CT molecular complexity index is 884. The molecular weight excluding hydrogens is 418 g/mol. The maximum Gasteiger partial charge on any atom is 0.320 e. The molecule has 0 aromatic heterocycles. The summed E-state index contributed by atoms with van der Waals surface area (Å²) in [6.45, 7) is 2.41. The number of halogens is 1. The van der Waals surface area contributed by atoms with Crippen LogP contribution in [-0.2, 0) is 26.0 Å². The smallest absolute Gasteiger partial charge is 0.320 e. The van der Waals surface area contributed by atoms with Crippen LogP contribution in [0.25, 0.3) is 0 Å². The van der Waals surface area contributed by atoms with Gasteiger partial charge in [-0.05, 0) is 37.0 Å². The van der Waals surface area contributed by atoms with Gasteiger partial charge in [0, 0.05) is 37.5 Å². The number of carbonyl (C=O) groups excluding carboxylic acids is 2. The van der Waals surface area contributed by atoms with E-state index in [9.17, 15) is 18.0 Å². The fourth-order valence-electron chi connectivity index (χ4n) is 3.66. The van der Waals surface area contributed by atoms with Crippen LogP contribution in [0.1, 0.15) is 24.8 Å². The molecule has 0 aliphatic carbocycles. The number of nitrogens with zero attached hydrogens (tertiary/aromatic N) is 2. The van der Waals surface area contributed by atoms with Gasteiger partial charge in [-0.25, -0.2) is 13.2 Å². The molecule has 0 bridgehead atoms. The maximum atomic E-state index is 12.6. The molecule has 0 spiro atoms. The van der Waals surface area contributed by atoms with E-state index in [0.29, 0.717) is 50.5 Å². The summed E-state index contributed by atoms with van der Waals surface area (Å²) in [7, 11) is -3.30. The lowest BCUT2D eigenvalue weighted by Gasteiger charge is -2.34.